The minimum Gasteiger partial charge on any atom is -0.370 e. The van der Waals surface area contributed by atoms with Gasteiger partial charge in [0.05, 0.1) is 0 Å². The van der Waals surface area contributed by atoms with Gasteiger partial charge in [0, 0.05) is 0 Å². The zero-order valence-electron chi connectivity index (χ0n) is 9.07. The van der Waals surface area contributed by atoms with Gasteiger partial charge in [0.25, 0.3) is 10.2 Å². The Hall–Kier alpha value is -3.06. The third-order valence-electron chi connectivity index (χ3n) is 0.477. The molecule has 14 heteroatoms. The molecule has 0 aromatic carbocycles. The molecule has 0 bridgehead atoms. The molecule has 0 unspecified atom stereocenters. The Balaban J connectivity index is -0.000000233. The fourth-order valence-corrected chi connectivity index (χ4v) is 0.224. The van der Waals surface area contributed by atoms with Crippen LogP contribution in [0.15, 0.2) is 0 Å². The van der Waals surface area contributed by atoms with Crippen molar-refractivity contribution in [2.45, 2.75) is 0 Å². The van der Waals surface area contributed by atoms with Gasteiger partial charge in [0.2, 0.25) is 0 Å². The van der Waals surface area contributed by atoms with Gasteiger partial charge in [-0.25, -0.2) is 0 Å². The second-order valence-corrected chi connectivity index (χ2v) is 2.02. The molecule has 0 aliphatic carbocycles. The normalized spacial score (nSPS) is 7.33. The molecule has 0 saturated heterocycles. The maximum atomic E-state index is 9.40. The summed E-state index contributed by atoms with van der Waals surface area (Å²) in [5.74, 6) is -0.667. The van der Waals surface area contributed by atoms with Crippen molar-refractivity contribution >= 4 is 11.9 Å². The van der Waals surface area contributed by atoms with Crippen molar-refractivity contribution in [1.29, 1.82) is 10.8 Å². The van der Waals surface area contributed by atoms with Crippen LogP contribution in [0.1, 0.15) is 0 Å². The predicted molar refractivity (Wildman–Crippen MR) is 58.1 cm³/mol. The standard InChI is InChI=1S/C2H4N2O6.2CH5N3/c5-3(6)9-1-2-10-4(7)8;2*2-1(3)4/h1-2H2;2*(H5,2,3,4). The molecule has 0 radical (unpaired) electrons. The average molecular weight is 270 g/mol. The summed E-state index contributed by atoms with van der Waals surface area (Å²) in [5, 5.41) is 28.8. The Bertz CT molecular complexity index is 245. The van der Waals surface area contributed by atoms with E-state index < -0.39 is 23.4 Å². The monoisotopic (exact) mass is 270 g/mol. The van der Waals surface area contributed by atoms with E-state index in [-0.39, 0.29) is 11.9 Å². The van der Waals surface area contributed by atoms with Crippen LogP contribution in [-0.2, 0) is 9.68 Å². The molecule has 0 aromatic rings. The Labute approximate surface area is 100 Å². The number of rotatable bonds is 5. The number of nitrogens with two attached hydrogens (primary N) is 4. The molecule has 18 heavy (non-hydrogen) atoms. The first-order valence-corrected chi connectivity index (χ1v) is 3.83. The van der Waals surface area contributed by atoms with Crippen LogP contribution in [0.2, 0.25) is 0 Å². The van der Waals surface area contributed by atoms with Gasteiger partial charge in [-0.2, -0.15) is 0 Å². The van der Waals surface area contributed by atoms with Crippen LogP contribution in [0.3, 0.4) is 0 Å². The van der Waals surface area contributed by atoms with Crippen LogP contribution >= 0.6 is 0 Å². The molecular weight excluding hydrogens is 256 g/mol. The smallest absolute Gasteiger partial charge is 0.294 e. The highest BCUT2D eigenvalue weighted by Gasteiger charge is 1.96. The first-order chi connectivity index (χ1) is 8.09. The van der Waals surface area contributed by atoms with Crippen molar-refractivity contribution < 1.29 is 19.8 Å². The second-order valence-electron chi connectivity index (χ2n) is 2.02. The van der Waals surface area contributed by atoms with Gasteiger partial charge >= 0.3 is 0 Å². The summed E-state index contributed by atoms with van der Waals surface area (Å²) in [6, 6.07) is 0. The lowest BCUT2D eigenvalue weighted by Gasteiger charge is -1.95. The molecular formula is C4H14N8O6. The summed E-state index contributed by atoms with van der Waals surface area (Å²) < 4.78 is 0. The van der Waals surface area contributed by atoms with E-state index in [4.69, 9.17) is 10.8 Å². The van der Waals surface area contributed by atoms with Gasteiger partial charge in [0.1, 0.15) is 13.2 Å². The lowest BCUT2D eigenvalue weighted by Crippen LogP contribution is -2.20. The third-order valence-corrected chi connectivity index (χ3v) is 0.477. The van der Waals surface area contributed by atoms with E-state index in [0.29, 0.717) is 0 Å². The van der Waals surface area contributed by atoms with Gasteiger partial charge in [-0.3, -0.25) is 10.8 Å². The van der Waals surface area contributed by atoms with E-state index in [0.717, 1.165) is 0 Å². The van der Waals surface area contributed by atoms with Crippen molar-refractivity contribution in [2.75, 3.05) is 13.2 Å². The highest BCUT2D eigenvalue weighted by Crippen LogP contribution is 1.77. The number of nitrogens with one attached hydrogen (secondary N) is 2. The Morgan fingerprint density at radius 3 is 1.17 bits per heavy atom. The minimum atomic E-state index is -1.05. The molecule has 14 nitrogen and oxygen atoms in total. The van der Waals surface area contributed by atoms with E-state index in [9.17, 15) is 20.2 Å². The molecule has 0 aliphatic heterocycles. The lowest BCUT2D eigenvalue weighted by atomic mass is 10.8. The van der Waals surface area contributed by atoms with Crippen LogP contribution in [0.4, 0.5) is 0 Å². The van der Waals surface area contributed by atoms with Crippen LogP contribution in [-0.4, -0.2) is 35.3 Å². The van der Waals surface area contributed by atoms with E-state index in [1.54, 1.807) is 0 Å². The zero-order valence-corrected chi connectivity index (χ0v) is 9.07. The summed E-state index contributed by atoms with van der Waals surface area (Å²) in [7, 11) is 0. The molecule has 0 fully saturated rings. The lowest BCUT2D eigenvalue weighted by molar-refractivity contribution is -0.780. The van der Waals surface area contributed by atoms with E-state index in [1.807, 2.05) is 0 Å². The van der Waals surface area contributed by atoms with Crippen molar-refractivity contribution in [2.24, 2.45) is 22.9 Å². The maximum absolute atomic E-state index is 9.40. The maximum Gasteiger partial charge on any atom is 0.294 e. The third kappa shape index (κ3) is 119. The zero-order chi connectivity index (χ0) is 15.1. The van der Waals surface area contributed by atoms with E-state index in [1.165, 1.54) is 0 Å². The van der Waals surface area contributed by atoms with Crippen LogP contribution in [0, 0.1) is 31.0 Å². The Morgan fingerprint density at radius 2 is 1.06 bits per heavy atom. The predicted octanol–water partition coefficient (Wildman–Crippen LogP) is -2.92. The van der Waals surface area contributed by atoms with Crippen LogP contribution in [0.5, 0.6) is 0 Å². The molecule has 10 N–H and O–H groups in total. The number of hydrogen-bond donors (Lipinski definition) is 6. The highest BCUT2D eigenvalue weighted by atomic mass is 17.0. The van der Waals surface area contributed by atoms with Gasteiger partial charge in [0.15, 0.2) is 11.9 Å². The van der Waals surface area contributed by atoms with Crippen LogP contribution in [0.25, 0.3) is 0 Å². The SMILES string of the molecule is N=C(N)N.N=C(N)N.O=[N+]([O-])OCCO[N+](=O)[O-]. The second kappa shape index (κ2) is 13.9. The Kier molecular flexibility index (Phi) is 15.8. The van der Waals surface area contributed by atoms with Crippen molar-refractivity contribution in [3.8, 4) is 0 Å². The summed E-state index contributed by atoms with van der Waals surface area (Å²) >= 11 is 0. The first kappa shape index (κ1) is 20.4. The fraction of sp³-hybridized carbons (Fsp3) is 0.500. The Morgan fingerprint density at radius 1 is 0.889 bits per heavy atom. The summed E-state index contributed by atoms with van der Waals surface area (Å²) in [6.07, 6.45) is 0. The van der Waals surface area contributed by atoms with E-state index >= 15 is 0 Å². The van der Waals surface area contributed by atoms with Crippen molar-refractivity contribution in [3.05, 3.63) is 20.2 Å². The largest absolute Gasteiger partial charge is 0.370 e. The molecule has 0 amide bonds. The van der Waals surface area contributed by atoms with Crippen LogP contribution < -0.4 is 22.9 Å². The molecule has 0 saturated carbocycles. The summed E-state index contributed by atoms with van der Waals surface area (Å²) in [4.78, 5) is 26.2. The molecule has 0 heterocycles. The molecule has 106 valence electrons. The van der Waals surface area contributed by atoms with Crippen molar-refractivity contribution in [1.82, 2.24) is 0 Å². The van der Waals surface area contributed by atoms with Crippen molar-refractivity contribution in [3.63, 3.8) is 0 Å². The minimum absolute atomic E-state index is 0.333. The van der Waals surface area contributed by atoms with Gasteiger partial charge in [-0.05, 0) is 0 Å². The molecule has 0 rings (SSSR count). The average Bonchev–Trinajstić information content (AvgIpc) is 2.09. The topological polar surface area (TPSA) is 257 Å². The number of guanidine groups is 2. The molecule has 0 spiro atoms. The summed E-state index contributed by atoms with van der Waals surface area (Å²) in [6.45, 7) is -0.873. The number of nitrogens with zero attached hydrogens (tertiary/aromatic N) is 2. The molecule has 0 aliphatic rings. The van der Waals surface area contributed by atoms with E-state index in [2.05, 4.69) is 32.6 Å². The summed E-state index contributed by atoms with van der Waals surface area (Å²) in [5.41, 5.74) is 17.9. The van der Waals surface area contributed by atoms with Gasteiger partial charge in [-0.1, -0.05) is 0 Å². The fourth-order valence-electron chi connectivity index (χ4n) is 0.224. The molecule has 0 atom stereocenters. The molecule has 0 aromatic heterocycles. The number of hydrogen-bond acceptors (Lipinski definition) is 8. The first-order valence-electron chi connectivity index (χ1n) is 3.83. The van der Waals surface area contributed by atoms with Gasteiger partial charge < -0.3 is 32.6 Å². The quantitative estimate of drug-likeness (QED) is 0.0973. The van der Waals surface area contributed by atoms with Gasteiger partial charge in [-0.15, -0.1) is 20.2 Å². The highest BCUT2D eigenvalue weighted by molar-refractivity contribution is 5.72.